The van der Waals surface area contributed by atoms with E-state index >= 15 is 0 Å². The molecule has 0 bridgehead atoms. The Hall–Kier alpha value is -2.16. The molecule has 0 heterocycles. The van der Waals surface area contributed by atoms with Crippen LogP contribution in [0.1, 0.15) is 40.5 Å². The van der Waals surface area contributed by atoms with Crippen molar-refractivity contribution in [2.24, 2.45) is 0 Å². The standard InChI is InChI=1S/C14H24N2O7/c1-13(2,16-10(18)12(21)22)6-8-23-14(3,4)5-7-15-9(17)11(19)20/h5-8H2,1-4H3,(H,15,17)(H,16,18)(H,19,20)(H,21,22). The second-order valence-electron chi connectivity index (χ2n) is 6.31. The Morgan fingerprint density at radius 1 is 0.913 bits per heavy atom. The largest absolute Gasteiger partial charge is 0.474 e. The third-order valence-electron chi connectivity index (χ3n) is 3.07. The fraction of sp³-hybridized carbons (Fsp3) is 0.714. The quantitative estimate of drug-likeness (QED) is 0.449. The Labute approximate surface area is 134 Å². The zero-order valence-corrected chi connectivity index (χ0v) is 13.8. The van der Waals surface area contributed by atoms with Gasteiger partial charge in [0.15, 0.2) is 0 Å². The summed E-state index contributed by atoms with van der Waals surface area (Å²) in [5.74, 6) is -5.24. The molecule has 23 heavy (non-hydrogen) atoms. The summed E-state index contributed by atoms with van der Waals surface area (Å²) in [7, 11) is 0. The first kappa shape index (κ1) is 20.8. The van der Waals surface area contributed by atoms with E-state index in [2.05, 4.69) is 10.6 Å². The lowest BCUT2D eigenvalue weighted by Crippen LogP contribution is -2.47. The second-order valence-corrected chi connectivity index (χ2v) is 6.31. The molecule has 0 atom stereocenters. The predicted molar refractivity (Wildman–Crippen MR) is 79.8 cm³/mol. The SMILES string of the molecule is CC(C)(CCOC(C)(C)CCNC(=O)C(=O)O)NC(=O)C(=O)O. The number of aliphatic carboxylic acids is 2. The lowest BCUT2D eigenvalue weighted by molar-refractivity contribution is -0.151. The van der Waals surface area contributed by atoms with Gasteiger partial charge >= 0.3 is 23.8 Å². The molecule has 0 aliphatic rings. The van der Waals surface area contributed by atoms with E-state index in [-0.39, 0.29) is 13.2 Å². The van der Waals surface area contributed by atoms with E-state index in [4.69, 9.17) is 14.9 Å². The van der Waals surface area contributed by atoms with Gasteiger partial charge in [0.1, 0.15) is 0 Å². The maximum absolute atomic E-state index is 11.1. The predicted octanol–water partition coefficient (Wildman–Crippen LogP) is -0.258. The Kier molecular flexibility index (Phi) is 7.67. The maximum Gasteiger partial charge on any atom is 0.394 e. The highest BCUT2D eigenvalue weighted by atomic mass is 16.5. The maximum atomic E-state index is 11.1. The molecule has 0 radical (unpaired) electrons. The van der Waals surface area contributed by atoms with E-state index in [0.29, 0.717) is 12.8 Å². The average Bonchev–Trinajstić information content (AvgIpc) is 2.36. The van der Waals surface area contributed by atoms with Gasteiger partial charge in [-0.1, -0.05) is 0 Å². The van der Waals surface area contributed by atoms with Crippen molar-refractivity contribution in [3.05, 3.63) is 0 Å². The highest BCUT2D eigenvalue weighted by molar-refractivity contribution is 6.31. The Bertz CT molecular complexity index is 472. The van der Waals surface area contributed by atoms with Crippen molar-refractivity contribution in [3.8, 4) is 0 Å². The van der Waals surface area contributed by atoms with Gasteiger partial charge in [-0.3, -0.25) is 9.59 Å². The van der Waals surface area contributed by atoms with Crippen molar-refractivity contribution < 1.29 is 34.1 Å². The van der Waals surface area contributed by atoms with E-state index in [0.717, 1.165) is 0 Å². The van der Waals surface area contributed by atoms with Gasteiger partial charge in [0, 0.05) is 18.7 Å². The molecule has 9 heteroatoms. The molecule has 0 saturated carbocycles. The van der Waals surface area contributed by atoms with E-state index in [1.54, 1.807) is 27.7 Å². The normalized spacial score (nSPS) is 11.7. The Morgan fingerprint density at radius 2 is 1.43 bits per heavy atom. The minimum absolute atomic E-state index is 0.150. The molecule has 4 N–H and O–H groups in total. The minimum Gasteiger partial charge on any atom is -0.474 e. The van der Waals surface area contributed by atoms with Crippen LogP contribution in [0.25, 0.3) is 0 Å². The number of amides is 2. The number of carbonyl (C=O) groups is 4. The van der Waals surface area contributed by atoms with Gasteiger partial charge in [0.05, 0.1) is 5.60 Å². The smallest absolute Gasteiger partial charge is 0.394 e. The summed E-state index contributed by atoms with van der Waals surface area (Å²) in [6.45, 7) is 7.32. The molecule has 0 unspecified atom stereocenters. The number of carboxylic acids is 2. The van der Waals surface area contributed by atoms with Crippen molar-refractivity contribution in [1.82, 2.24) is 10.6 Å². The monoisotopic (exact) mass is 332 g/mol. The number of carbonyl (C=O) groups excluding carboxylic acids is 2. The summed E-state index contributed by atoms with van der Waals surface area (Å²) in [6.07, 6.45) is 0.783. The molecule has 0 aromatic carbocycles. The lowest BCUT2D eigenvalue weighted by atomic mass is 10.0. The third-order valence-corrected chi connectivity index (χ3v) is 3.07. The van der Waals surface area contributed by atoms with Crippen LogP contribution in [0.3, 0.4) is 0 Å². The van der Waals surface area contributed by atoms with Gasteiger partial charge in [-0.2, -0.15) is 0 Å². The third kappa shape index (κ3) is 9.46. The van der Waals surface area contributed by atoms with Crippen LogP contribution >= 0.6 is 0 Å². The number of hydrogen-bond acceptors (Lipinski definition) is 5. The van der Waals surface area contributed by atoms with Gasteiger partial charge in [0.2, 0.25) is 0 Å². The number of nitrogens with one attached hydrogen (secondary N) is 2. The highest BCUT2D eigenvalue weighted by Crippen LogP contribution is 2.16. The molecular formula is C14H24N2O7. The summed E-state index contributed by atoms with van der Waals surface area (Å²) in [5, 5.41) is 21.6. The van der Waals surface area contributed by atoms with Crippen LogP contribution < -0.4 is 10.6 Å². The topological polar surface area (TPSA) is 142 Å². The second kappa shape index (κ2) is 8.47. The van der Waals surface area contributed by atoms with E-state index < -0.39 is 34.9 Å². The molecule has 132 valence electrons. The molecule has 0 aliphatic heterocycles. The molecule has 0 fully saturated rings. The molecule has 0 saturated heterocycles. The van der Waals surface area contributed by atoms with Crippen molar-refractivity contribution in [2.75, 3.05) is 13.2 Å². The van der Waals surface area contributed by atoms with E-state index in [1.807, 2.05) is 0 Å². The molecule has 0 aromatic rings. The number of ether oxygens (including phenoxy) is 1. The van der Waals surface area contributed by atoms with Crippen molar-refractivity contribution in [2.45, 2.75) is 51.7 Å². The van der Waals surface area contributed by atoms with Crippen LogP contribution in [0.15, 0.2) is 0 Å². The van der Waals surface area contributed by atoms with Crippen LogP contribution in [0.5, 0.6) is 0 Å². The van der Waals surface area contributed by atoms with Gasteiger partial charge in [-0.15, -0.1) is 0 Å². The van der Waals surface area contributed by atoms with E-state index in [1.165, 1.54) is 0 Å². The molecule has 0 aromatic heterocycles. The highest BCUT2D eigenvalue weighted by Gasteiger charge is 2.26. The number of rotatable bonds is 8. The van der Waals surface area contributed by atoms with Gasteiger partial charge in [-0.25, -0.2) is 9.59 Å². The zero-order valence-electron chi connectivity index (χ0n) is 13.8. The van der Waals surface area contributed by atoms with Crippen LogP contribution in [0, 0.1) is 0 Å². The van der Waals surface area contributed by atoms with Gasteiger partial charge in [0.25, 0.3) is 0 Å². The zero-order chi connectivity index (χ0) is 18.3. The summed E-state index contributed by atoms with van der Waals surface area (Å²) in [5.41, 5.74) is -1.36. The molecule has 2 amide bonds. The molecule has 0 rings (SSSR count). The lowest BCUT2D eigenvalue weighted by Gasteiger charge is -2.29. The first-order valence-electron chi connectivity index (χ1n) is 7.07. The Morgan fingerprint density at radius 3 is 1.91 bits per heavy atom. The van der Waals surface area contributed by atoms with Crippen molar-refractivity contribution in [3.63, 3.8) is 0 Å². The molecular weight excluding hydrogens is 308 g/mol. The number of hydrogen-bond donors (Lipinski definition) is 4. The first-order chi connectivity index (χ1) is 10.4. The van der Waals surface area contributed by atoms with Crippen LogP contribution in [0.4, 0.5) is 0 Å². The fourth-order valence-electron chi connectivity index (χ4n) is 1.63. The average molecular weight is 332 g/mol. The minimum atomic E-state index is -1.55. The fourth-order valence-corrected chi connectivity index (χ4v) is 1.63. The number of carboxylic acid groups (broad SMARTS) is 2. The Balaban J connectivity index is 4.18. The summed E-state index contributed by atoms with van der Waals surface area (Å²) in [4.78, 5) is 42.9. The molecule has 0 spiro atoms. The van der Waals surface area contributed by atoms with Crippen LogP contribution in [-0.2, 0) is 23.9 Å². The first-order valence-corrected chi connectivity index (χ1v) is 7.07. The van der Waals surface area contributed by atoms with Gasteiger partial charge < -0.3 is 25.6 Å². The molecule has 9 nitrogen and oxygen atoms in total. The van der Waals surface area contributed by atoms with E-state index in [9.17, 15) is 19.2 Å². The summed E-state index contributed by atoms with van der Waals surface area (Å²) >= 11 is 0. The summed E-state index contributed by atoms with van der Waals surface area (Å²) < 4.78 is 5.65. The van der Waals surface area contributed by atoms with Crippen molar-refractivity contribution >= 4 is 23.8 Å². The van der Waals surface area contributed by atoms with Crippen LogP contribution in [0.2, 0.25) is 0 Å². The molecule has 0 aliphatic carbocycles. The van der Waals surface area contributed by atoms with Gasteiger partial charge in [-0.05, 0) is 40.5 Å². The van der Waals surface area contributed by atoms with Crippen LogP contribution in [-0.4, -0.2) is 58.3 Å². The van der Waals surface area contributed by atoms with Crippen molar-refractivity contribution in [1.29, 1.82) is 0 Å². The summed E-state index contributed by atoms with van der Waals surface area (Å²) in [6, 6.07) is 0.